The van der Waals surface area contributed by atoms with E-state index in [4.69, 9.17) is 5.73 Å². The summed E-state index contributed by atoms with van der Waals surface area (Å²) in [4.78, 5) is 4.41. The third-order valence-electron chi connectivity index (χ3n) is 3.57. The van der Waals surface area contributed by atoms with Crippen molar-refractivity contribution < 1.29 is 8.78 Å². The summed E-state index contributed by atoms with van der Waals surface area (Å²) in [5.41, 5.74) is 5.71. The zero-order valence-electron chi connectivity index (χ0n) is 9.05. The maximum absolute atomic E-state index is 12.9. The smallest absolute Gasteiger partial charge is 0.252 e. The fraction of sp³-hybridized carbons (Fsp3) is 0.727. The van der Waals surface area contributed by atoms with E-state index in [9.17, 15) is 8.78 Å². The average molecular weight is 227 g/mol. The highest BCUT2D eigenvalue weighted by atomic mass is 19.3. The van der Waals surface area contributed by atoms with Crippen molar-refractivity contribution in [2.24, 2.45) is 5.73 Å². The Morgan fingerprint density at radius 2 is 2.06 bits per heavy atom. The average Bonchev–Trinajstić information content (AvgIpc) is 2.57. The number of halogens is 2. The SMILES string of the molecule is NC1(c2cn3c(n2)CCCC3)CC(F)(F)C1. The van der Waals surface area contributed by atoms with Gasteiger partial charge in [-0.25, -0.2) is 13.8 Å². The minimum atomic E-state index is -2.60. The highest BCUT2D eigenvalue weighted by Crippen LogP contribution is 2.49. The third kappa shape index (κ3) is 1.45. The standard InChI is InChI=1S/C11H15F2N3/c12-11(13)6-10(14,7-11)8-5-16-4-2-1-3-9(16)15-8/h5H,1-4,6-7,14H2. The molecule has 3 nitrogen and oxygen atoms in total. The van der Waals surface area contributed by atoms with Crippen LogP contribution in [0.1, 0.15) is 37.2 Å². The van der Waals surface area contributed by atoms with Crippen LogP contribution in [0.3, 0.4) is 0 Å². The van der Waals surface area contributed by atoms with Crippen LogP contribution < -0.4 is 5.73 Å². The molecule has 0 amide bonds. The molecule has 88 valence electrons. The summed E-state index contributed by atoms with van der Waals surface area (Å²) in [6.45, 7) is 0.939. The first-order chi connectivity index (χ1) is 7.49. The molecule has 3 rings (SSSR count). The molecule has 1 aliphatic carbocycles. The summed E-state index contributed by atoms with van der Waals surface area (Å²) in [6.07, 6.45) is 4.53. The fourth-order valence-electron chi connectivity index (χ4n) is 2.70. The van der Waals surface area contributed by atoms with Gasteiger partial charge in [-0.15, -0.1) is 0 Å². The fourth-order valence-corrected chi connectivity index (χ4v) is 2.70. The van der Waals surface area contributed by atoms with Crippen LogP contribution in [0.2, 0.25) is 0 Å². The van der Waals surface area contributed by atoms with E-state index in [1.54, 1.807) is 0 Å². The lowest BCUT2D eigenvalue weighted by molar-refractivity contribution is -0.126. The molecular formula is C11H15F2N3. The Hall–Kier alpha value is -0.970. The molecule has 0 saturated heterocycles. The molecule has 1 aliphatic heterocycles. The summed E-state index contributed by atoms with van der Waals surface area (Å²) in [6, 6.07) is 0. The second kappa shape index (κ2) is 3.03. The van der Waals surface area contributed by atoms with Crippen LogP contribution >= 0.6 is 0 Å². The van der Waals surface area contributed by atoms with E-state index >= 15 is 0 Å². The lowest BCUT2D eigenvalue weighted by Crippen LogP contribution is -2.55. The molecule has 0 bridgehead atoms. The van der Waals surface area contributed by atoms with Gasteiger partial charge in [0.05, 0.1) is 11.2 Å². The maximum Gasteiger partial charge on any atom is 0.252 e. The van der Waals surface area contributed by atoms with Crippen molar-refractivity contribution in [3.63, 3.8) is 0 Å². The molecule has 0 radical (unpaired) electrons. The lowest BCUT2D eigenvalue weighted by Gasteiger charge is -2.43. The molecule has 1 saturated carbocycles. The number of hydrogen-bond acceptors (Lipinski definition) is 2. The molecule has 0 atom stereocenters. The Morgan fingerprint density at radius 3 is 2.69 bits per heavy atom. The van der Waals surface area contributed by atoms with Gasteiger partial charge in [-0.3, -0.25) is 0 Å². The molecule has 1 aromatic heterocycles. The molecule has 16 heavy (non-hydrogen) atoms. The van der Waals surface area contributed by atoms with Gasteiger partial charge in [-0.1, -0.05) is 0 Å². The Balaban J connectivity index is 1.88. The van der Waals surface area contributed by atoms with Gasteiger partial charge in [0.15, 0.2) is 0 Å². The molecule has 0 aromatic carbocycles. The third-order valence-corrected chi connectivity index (χ3v) is 3.57. The highest BCUT2D eigenvalue weighted by Gasteiger charge is 2.56. The Labute approximate surface area is 92.6 Å². The summed E-state index contributed by atoms with van der Waals surface area (Å²) in [5.74, 6) is -1.60. The largest absolute Gasteiger partial charge is 0.335 e. The van der Waals surface area contributed by atoms with E-state index in [2.05, 4.69) is 9.55 Å². The molecule has 2 N–H and O–H groups in total. The summed E-state index contributed by atoms with van der Waals surface area (Å²) in [5, 5.41) is 0. The van der Waals surface area contributed by atoms with Gasteiger partial charge in [-0.05, 0) is 12.8 Å². The minimum Gasteiger partial charge on any atom is -0.335 e. The summed E-state index contributed by atoms with van der Waals surface area (Å²) >= 11 is 0. The van der Waals surface area contributed by atoms with Gasteiger partial charge in [0.1, 0.15) is 5.82 Å². The summed E-state index contributed by atoms with van der Waals surface area (Å²) in [7, 11) is 0. The van der Waals surface area contributed by atoms with Crippen LogP contribution in [0.5, 0.6) is 0 Å². The van der Waals surface area contributed by atoms with Gasteiger partial charge >= 0.3 is 0 Å². The number of hydrogen-bond donors (Lipinski definition) is 1. The van der Waals surface area contributed by atoms with Crippen molar-refractivity contribution in [2.75, 3.05) is 0 Å². The predicted octanol–water partition coefficient (Wildman–Crippen LogP) is 1.80. The highest BCUT2D eigenvalue weighted by molar-refractivity contribution is 5.22. The normalized spacial score (nSPS) is 25.9. The van der Waals surface area contributed by atoms with Crippen LogP contribution in [0.4, 0.5) is 8.78 Å². The first kappa shape index (κ1) is 10.2. The van der Waals surface area contributed by atoms with Crippen molar-refractivity contribution in [3.8, 4) is 0 Å². The number of imidazole rings is 1. The molecule has 0 spiro atoms. The zero-order valence-corrected chi connectivity index (χ0v) is 9.05. The number of fused-ring (bicyclic) bond motifs is 1. The molecule has 2 aliphatic rings. The van der Waals surface area contributed by atoms with Gasteiger partial charge in [0, 0.05) is 32.0 Å². The van der Waals surface area contributed by atoms with E-state index in [1.807, 2.05) is 6.20 Å². The van der Waals surface area contributed by atoms with Gasteiger partial charge < -0.3 is 10.3 Å². The molecule has 1 aromatic rings. The van der Waals surface area contributed by atoms with Crippen LogP contribution in [-0.2, 0) is 18.5 Å². The van der Waals surface area contributed by atoms with Crippen LogP contribution in [0.25, 0.3) is 0 Å². The first-order valence-electron chi connectivity index (χ1n) is 5.72. The van der Waals surface area contributed by atoms with Gasteiger partial charge in [-0.2, -0.15) is 0 Å². The van der Waals surface area contributed by atoms with E-state index in [-0.39, 0.29) is 12.8 Å². The molecule has 0 unspecified atom stereocenters. The number of alkyl halides is 2. The van der Waals surface area contributed by atoms with E-state index < -0.39 is 11.5 Å². The minimum absolute atomic E-state index is 0.267. The number of aromatic nitrogens is 2. The molecular weight excluding hydrogens is 212 g/mol. The number of nitrogens with zero attached hydrogens (tertiary/aromatic N) is 2. The zero-order chi connectivity index (χ0) is 11.4. The monoisotopic (exact) mass is 227 g/mol. The van der Waals surface area contributed by atoms with Crippen LogP contribution in [0.15, 0.2) is 6.20 Å². The Morgan fingerprint density at radius 1 is 1.31 bits per heavy atom. The van der Waals surface area contributed by atoms with Gasteiger partial charge in [0.2, 0.25) is 0 Å². The molecule has 5 heteroatoms. The predicted molar refractivity (Wildman–Crippen MR) is 55.2 cm³/mol. The van der Waals surface area contributed by atoms with E-state index in [1.165, 1.54) is 0 Å². The number of rotatable bonds is 1. The van der Waals surface area contributed by atoms with Crippen molar-refractivity contribution in [1.82, 2.24) is 9.55 Å². The second-order valence-electron chi connectivity index (χ2n) is 5.06. The molecule has 1 fully saturated rings. The molecule has 2 heterocycles. The first-order valence-corrected chi connectivity index (χ1v) is 5.72. The van der Waals surface area contributed by atoms with Crippen LogP contribution in [0, 0.1) is 0 Å². The van der Waals surface area contributed by atoms with E-state index in [0.29, 0.717) is 5.69 Å². The van der Waals surface area contributed by atoms with Gasteiger partial charge in [0.25, 0.3) is 5.92 Å². The lowest BCUT2D eigenvalue weighted by atomic mass is 9.72. The Kier molecular flexibility index (Phi) is 1.93. The van der Waals surface area contributed by atoms with Crippen LogP contribution in [-0.4, -0.2) is 15.5 Å². The topological polar surface area (TPSA) is 43.8 Å². The van der Waals surface area contributed by atoms with Crippen molar-refractivity contribution in [1.29, 1.82) is 0 Å². The van der Waals surface area contributed by atoms with Crippen molar-refractivity contribution in [3.05, 3.63) is 17.7 Å². The maximum atomic E-state index is 12.9. The van der Waals surface area contributed by atoms with Crippen molar-refractivity contribution >= 4 is 0 Å². The quantitative estimate of drug-likeness (QED) is 0.795. The Bertz CT molecular complexity index is 393. The number of aryl methyl sites for hydroxylation is 2. The summed E-state index contributed by atoms with van der Waals surface area (Å²) < 4.78 is 27.8. The van der Waals surface area contributed by atoms with E-state index in [0.717, 1.165) is 31.6 Å². The van der Waals surface area contributed by atoms with Crippen molar-refractivity contribution in [2.45, 2.75) is 50.1 Å². The second-order valence-corrected chi connectivity index (χ2v) is 5.06. The number of nitrogens with two attached hydrogens (primary N) is 1.